The van der Waals surface area contributed by atoms with Crippen LogP contribution in [0, 0.1) is 5.82 Å². The van der Waals surface area contributed by atoms with E-state index in [1.807, 2.05) is 4.57 Å². The van der Waals surface area contributed by atoms with Gasteiger partial charge in [-0.1, -0.05) is 6.92 Å². The fourth-order valence-electron chi connectivity index (χ4n) is 2.83. The van der Waals surface area contributed by atoms with Crippen molar-refractivity contribution in [3.8, 4) is 0 Å². The van der Waals surface area contributed by atoms with E-state index in [0.29, 0.717) is 12.4 Å². The average molecular weight is 312 g/mol. The number of nitrogens with zero attached hydrogens (tertiary/aromatic N) is 3. The number of halogens is 2. The number of aromatic nitrogens is 2. The molecule has 0 saturated carbocycles. The predicted octanol–water partition coefficient (Wildman–Crippen LogP) is 2.63. The number of likely N-dealkylation sites (N-methyl/N-ethyl adjacent to an activating group) is 1. The summed E-state index contributed by atoms with van der Waals surface area (Å²) in [7, 11) is 0. The van der Waals surface area contributed by atoms with Crippen molar-refractivity contribution in [1.82, 2.24) is 14.5 Å². The Bertz CT molecular complexity index is 631. The molecule has 2 aromatic rings. The third-order valence-corrected chi connectivity index (χ3v) is 4.20. The number of morpholine rings is 1. The van der Waals surface area contributed by atoms with Crippen LogP contribution in [0.3, 0.4) is 0 Å². The molecule has 0 aliphatic carbocycles. The first kappa shape index (κ1) is 14.8. The summed E-state index contributed by atoms with van der Waals surface area (Å²) in [6.07, 6.45) is 0.0846. The predicted molar refractivity (Wildman–Crippen MR) is 81.1 cm³/mol. The first-order valence-corrected chi connectivity index (χ1v) is 7.79. The van der Waals surface area contributed by atoms with Gasteiger partial charge in [0, 0.05) is 13.1 Å². The van der Waals surface area contributed by atoms with Gasteiger partial charge in [-0.2, -0.15) is 0 Å². The summed E-state index contributed by atoms with van der Waals surface area (Å²) in [5.41, 5.74) is 1.55. The molecule has 2 heterocycles. The van der Waals surface area contributed by atoms with Gasteiger partial charge in [0.15, 0.2) is 0 Å². The number of benzene rings is 1. The van der Waals surface area contributed by atoms with Gasteiger partial charge in [0.05, 0.1) is 36.2 Å². The van der Waals surface area contributed by atoms with E-state index in [9.17, 15) is 4.39 Å². The van der Waals surface area contributed by atoms with E-state index in [1.165, 1.54) is 12.1 Å². The summed E-state index contributed by atoms with van der Waals surface area (Å²) < 4.78 is 21.3. The summed E-state index contributed by atoms with van der Waals surface area (Å²) in [5.74, 6) is 0.805. The van der Waals surface area contributed by atoms with Crippen molar-refractivity contribution in [2.24, 2.45) is 0 Å². The van der Waals surface area contributed by atoms with E-state index in [1.54, 1.807) is 6.07 Å². The largest absolute Gasteiger partial charge is 0.374 e. The number of imidazole rings is 1. The Labute approximate surface area is 128 Å². The summed E-state index contributed by atoms with van der Waals surface area (Å²) in [4.78, 5) is 6.83. The van der Waals surface area contributed by atoms with E-state index < -0.39 is 0 Å². The molecule has 0 N–H and O–H groups in total. The molecule has 1 unspecified atom stereocenters. The van der Waals surface area contributed by atoms with Gasteiger partial charge in [0.25, 0.3) is 0 Å². The third kappa shape index (κ3) is 3.05. The number of ether oxygens (including phenoxy) is 1. The number of alkyl halides is 1. The lowest BCUT2D eigenvalue weighted by Crippen LogP contribution is -2.44. The van der Waals surface area contributed by atoms with Gasteiger partial charge in [0.1, 0.15) is 11.6 Å². The van der Waals surface area contributed by atoms with E-state index in [4.69, 9.17) is 16.3 Å². The minimum Gasteiger partial charge on any atom is -0.374 e. The van der Waals surface area contributed by atoms with Crippen molar-refractivity contribution < 1.29 is 9.13 Å². The SMILES string of the molecule is CCN1CCOC(Cn2c(CCl)nc3ccc(F)cc32)C1. The standard InChI is InChI=1S/C15H19ClFN3O/c1-2-19-5-6-21-12(9-19)10-20-14-7-11(17)3-4-13(14)18-15(20)8-16/h3-4,7,12H,2,5-6,8-10H2,1H3. The van der Waals surface area contributed by atoms with Crippen LogP contribution in [-0.2, 0) is 17.2 Å². The third-order valence-electron chi connectivity index (χ3n) is 3.97. The van der Waals surface area contributed by atoms with Crippen LogP contribution in [0.4, 0.5) is 4.39 Å². The van der Waals surface area contributed by atoms with Crippen molar-refractivity contribution in [1.29, 1.82) is 0 Å². The fourth-order valence-corrected chi connectivity index (χ4v) is 3.04. The van der Waals surface area contributed by atoms with Crippen LogP contribution in [-0.4, -0.2) is 46.8 Å². The van der Waals surface area contributed by atoms with Crippen LogP contribution in [0.1, 0.15) is 12.7 Å². The molecule has 21 heavy (non-hydrogen) atoms. The van der Waals surface area contributed by atoms with Gasteiger partial charge in [0.2, 0.25) is 0 Å². The van der Waals surface area contributed by atoms with Crippen LogP contribution >= 0.6 is 11.6 Å². The monoisotopic (exact) mass is 311 g/mol. The van der Waals surface area contributed by atoms with Crippen molar-refractivity contribution in [2.75, 3.05) is 26.2 Å². The molecule has 0 bridgehead atoms. The Morgan fingerprint density at radius 2 is 2.33 bits per heavy atom. The highest BCUT2D eigenvalue weighted by molar-refractivity contribution is 6.16. The molecule has 0 radical (unpaired) electrons. The van der Waals surface area contributed by atoms with Gasteiger partial charge < -0.3 is 9.30 Å². The quantitative estimate of drug-likeness (QED) is 0.813. The summed E-state index contributed by atoms with van der Waals surface area (Å²) >= 11 is 5.99. The van der Waals surface area contributed by atoms with Crippen LogP contribution in [0.25, 0.3) is 11.0 Å². The second-order valence-corrected chi connectivity index (χ2v) is 5.56. The molecule has 4 nitrogen and oxygen atoms in total. The van der Waals surface area contributed by atoms with Crippen molar-refractivity contribution >= 4 is 22.6 Å². The van der Waals surface area contributed by atoms with Crippen molar-refractivity contribution in [3.63, 3.8) is 0 Å². The number of hydrogen-bond donors (Lipinski definition) is 0. The van der Waals surface area contributed by atoms with E-state index >= 15 is 0 Å². The second-order valence-electron chi connectivity index (χ2n) is 5.29. The maximum atomic E-state index is 13.5. The number of rotatable bonds is 4. The molecule has 3 rings (SSSR count). The number of fused-ring (bicyclic) bond motifs is 1. The van der Waals surface area contributed by atoms with E-state index in [-0.39, 0.29) is 11.9 Å². The molecule has 1 fully saturated rings. The molecule has 114 valence electrons. The maximum absolute atomic E-state index is 13.5. The molecular weight excluding hydrogens is 293 g/mol. The zero-order chi connectivity index (χ0) is 14.8. The van der Waals surface area contributed by atoms with Gasteiger partial charge >= 0.3 is 0 Å². The summed E-state index contributed by atoms with van der Waals surface area (Å²) in [5, 5.41) is 0. The Morgan fingerprint density at radius 1 is 1.48 bits per heavy atom. The molecule has 1 aromatic carbocycles. The zero-order valence-electron chi connectivity index (χ0n) is 12.1. The molecule has 1 aromatic heterocycles. The van der Waals surface area contributed by atoms with Gasteiger partial charge in [-0.15, -0.1) is 11.6 Å². The smallest absolute Gasteiger partial charge is 0.125 e. The number of hydrogen-bond acceptors (Lipinski definition) is 3. The topological polar surface area (TPSA) is 30.3 Å². The fraction of sp³-hybridized carbons (Fsp3) is 0.533. The van der Waals surface area contributed by atoms with Crippen molar-refractivity contribution in [3.05, 3.63) is 29.8 Å². The Morgan fingerprint density at radius 3 is 3.10 bits per heavy atom. The molecule has 1 saturated heterocycles. The molecule has 6 heteroatoms. The lowest BCUT2D eigenvalue weighted by Gasteiger charge is -2.32. The minimum absolute atomic E-state index is 0.0846. The normalized spacial score (nSPS) is 20.2. The summed E-state index contributed by atoms with van der Waals surface area (Å²) in [6, 6.07) is 4.63. The highest BCUT2D eigenvalue weighted by Gasteiger charge is 2.22. The Hall–Kier alpha value is -1.17. The minimum atomic E-state index is -0.260. The van der Waals surface area contributed by atoms with Gasteiger partial charge in [-0.25, -0.2) is 9.37 Å². The van der Waals surface area contributed by atoms with E-state index in [2.05, 4.69) is 16.8 Å². The molecular formula is C15H19ClFN3O. The Kier molecular flexibility index (Phi) is 4.42. The lowest BCUT2D eigenvalue weighted by atomic mass is 10.2. The first-order chi connectivity index (χ1) is 10.2. The van der Waals surface area contributed by atoms with Crippen molar-refractivity contribution in [2.45, 2.75) is 25.5 Å². The second kappa shape index (κ2) is 6.30. The highest BCUT2D eigenvalue weighted by atomic mass is 35.5. The Balaban J connectivity index is 1.90. The molecule has 1 aliphatic rings. The molecule has 1 aliphatic heterocycles. The summed E-state index contributed by atoms with van der Waals surface area (Å²) in [6.45, 7) is 6.40. The molecule has 0 amide bonds. The zero-order valence-corrected chi connectivity index (χ0v) is 12.8. The highest BCUT2D eigenvalue weighted by Crippen LogP contribution is 2.20. The maximum Gasteiger partial charge on any atom is 0.125 e. The first-order valence-electron chi connectivity index (χ1n) is 7.26. The van der Waals surface area contributed by atoms with Crippen LogP contribution in [0.2, 0.25) is 0 Å². The van der Waals surface area contributed by atoms with Crippen LogP contribution in [0.15, 0.2) is 18.2 Å². The van der Waals surface area contributed by atoms with Gasteiger partial charge in [-0.3, -0.25) is 4.90 Å². The van der Waals surface area contributed by atoms with Gasteiger partial charge in [-0.05, 0) is 24.7 Å². The molecule has 1 atom stereocenters. The lowest BCUT2D eigenvalue weighted by molar-refractivity contribution is -0.0340. The molecule has 0 spiro atoms. The van der Waals surface area contributed by atoms with E-state index in [0.717, 1.165) is 43.1 Å². The average Bonchev–Trinajstić information content (AvgIpc) is 2.85. The van der Waals surface area contributed by atoms with Crippen LogP contribution in [0.5, 0.6) is 0 Å². The van der Waals surface area contributed by atoms with Crippen LogP contribution < -0.4 is 0 Å².